The Balaban J connectivity index is 2.05. The molecule has 0 saturated carbocycles. The van der Waals surface area contributed by atoms with Crippen LogP contribution in [0.25, 0.3) is 0 Å². The third kappa shape index (κ3) is 4.94. The zero-order valence-electron chi connectivity index (χ0n) is 14.1. The van der Waals surface area contributed by atoms with Gasteiger partial charge in [-0.3, -0.25) is 15.5 Å². The Hall–Kier alpha value is -3.62. The fourth-order valence-corrected chi connectivity index (χ4v) is 1.94. The lowest BCUT2D eigenvalue weighted by Gasteiger charge is -2.14. The van der Waals surface area contributed by atoms with Gasteiger partial charge in [0.05, 0.1) is 23.9 Å². The van der Waals surface area contributed by atoms with Crippen LogP contribution in [-0.4, -0.2) is 35.4 Å². The number of non-ortho nitro benzene ring substituents is 1. The average molecular weight is 359 g/mol. The van der Waals surface area contributed by atoms with Crippen LogP contribution in [0.3, 0.4) is 0 Å². The smallest absolute Gasteiger partial charge is 0.344 e. The van der Waals surface area contributed by atoms with Crippen molar-refractivity contribution in [2.75, 3.05) is 12.5 Å². The van der Waals surface area contributed by atoms with Gasteiger partial charge in [-0.2, -0.15) is 5.10 Å². The molecule has 9 nitrogen and oxygen atoms in total. The van der Waals surface area contributed by atoms with Gasteiger partial charge >= 0.3 is 5.97 Å². The number of carbonyl (C=O) groups is 1. The van der Waals surface area contributed by atoms with Crippen molar-refractivity contribution >= 4 is 23.6 Å². The van der Waals surface area contributed by atoms with Gasteiger partial charge in [0.25, 0.3) is 5.69 Å². The Kier molecular flexibility index (Phi) is 6.10. The largest absolute Gasteiger partial charge is 0.493 e. The highest BCUT2D eigenvalue weighted by molar-refractivity contribution is 5.81. The van der Waals surface area contributed by atoms with Crippen LogP contribution >= 0.6 is 0 Å². The first-order valence-corrected chi connectivity index (χ1v) is 7.51. The summed E-state index contributed by atoms with van der Waals surface area (Å²) in [4.78, 5) is 21.0. The van der Waals surface area contributed by atoms with E-state index < -0.39 is 17.0 Å². The third-order valence-corrected chi connectivity index (χ3v) is 3.32. The number of ether oxygens (including phenoxy) is 2. The summed E-state index contributed by atoms with van der Waals surface area (Å²) >= 11 is 0. The summed E-state index contributed by atoms with van der Waals surface area (Å²) in [6.07, 6.45) is 0.515. The molecule has 1 atom stereocenters. The summed E-state index contributed by atoms with van der Waals surface area (Å²) in [7, 11) is 1.45. The van der Waals surface area contributed by atoms with Crippen molar-refractivity contribution < 1.29 is 24.3 Å². The quantitative estimate of drug-likeness (QED) is 0.422. The number of hydrogen-bond donors (Lipinski definition) is 2. The van der Waals surface area contributed by atoms with E-state index in [-0.39, 0.29) is 5.69 Å². The van der Waals surface area contributed by atoms with Crippen LogP contribution in [0.5, 0.6) is 11.5 Å². The molecule has 26 heavy (non-hydrogen) atoms. The number of nitrogens with zero attached hydrogens (tertiary/aromatic N) is 2. The molecular formula is C17H17N3O6. The third-order valence-electron chi connectivity index (χ3n) is 3.32. The van der Waals surface area contributed by atoms with E-state index in [9.17, 15) is 14.9 Å². The van der Waals surface area contributed by atoms with Crippen LogP contribution in [0, 0.1) is 10.1 Å². The molecule has 2 aromatic rings. The van der Waals surface area contributed by atoms with E-state index >= 15 is 0 Å². The van der Waals surface area contributed by atoms with E-state index in [1.54, 1.807) is 30.3 Å². The zero-order chi connectivity index (χ0) is 19.1. The summed E-state index contributed by atoms with van der Waals surface area (Å²) in [6, 6.07) is 10.7. The zero-order valence-corrected chi connectivity index (χ0v) is 14.1. The second-order valence-electron chi connectivity index (χ2n) is 5.18. The van der Waals surface area contributed by atoms with E-state index in [4.69, 9.17) is 14.6 Å². The van der Waals surface area contributed by atoms with E-state index in [1.165, 1.54) is 32.4 Å². The summed E-state index contributed by atoms with van der Waals surface area (Å²) < 4.78 is 10.5. The van der Waals surface area contributed by atoms with Crippen LogP contribution in [0.2, 0.25) is 0 Å². The van der Waals surface area contributed by atoms with Gasteiger partial charge in [-0.1, -0.05) is 0 Å². The maximum absolute atomic E-state index is 10.9. The molecule has 0 radical (unpaired) electrons. The first-order valence-electron chi connectivity index (χ1n) is 7.51. The number of rotatable bonds is 8. The Morgan fingerprint density at radius 3 is 2.54 bits per heavy atom. The molecule has 0 aliphatic rings. The number of nitro benzene ring substituents is 1. The lowest BCUT2D eigenvalue weighted by molar-refractivity contribution is -0.384. The topological polar surface area (TPSA) is 123 Å². The molecule has 0 fully saturated rings. The number of aliphatic carboxylic acids is 1. The Bertz CT molecular complexity index is 820. The molecule has 0 unspecified atom stereocenters. The lowest BCUT2D eigenvalue weighted by atomic mass is 10.2. The highest BCUT2D eigenvalue weighted by atomic mass is 16.6. The number of carboxylic acids is 1. The average Bonchev–Trinajstić information content (AvgIpc) is 2.63. The number of benzene rings is 2. The number of nitro groups is 1. The number of methoxy groups -OCH3 is 1. The van der Waals surface area contributed by atoms with Crippen molar-refractivity contribution in [3.8, 4) is 11.5 Å². The van der Waals surface area contributed by atoms with Crippen molar-refractivity contribution in [1.82, 2.24) is 0 Å². The highest BCUT2D eigenvalue weighted by Crippen LogP contribution is 2.28. The summed E-state index contributed by atoms with van der Waals surface area (Å²) in [6.45, 7) is 1.42. The van der Waals surface area contributed by atoms with Gasteiger partial charge in [0.15, 0.2) is 17.6 Å². The van der Waals surface area contributed by atoms with Crippen molar-refractivity contribution in [2.45, 2.75) is 13.0 Å². The molecule has 0 bridgehead atoms. The molecule has 9 heteroatoms. The molecule has 0 heterocycles. The minimum absolute atomic E-state index is 0.00422. The number of hydrazone groups is 1. The SMILES string of the molecule is COc1cc(/C=N\Nc2ccc([N+](=O)[O-])cc2)ccc1O[C@H](C)C(=O)O. The van der Waals surface area contributed by atoms with Crippen molar-refractivity contribution in [3.63, 3.8) is 0 Å². The standard InChI is InChI=1S/C17H17N3O6/c1-11(17(21)22)26-15-8-3-12(9-16(15)25-2)10-18-19-13-4-6-14(7-5-13)20(23)24/h3-11,19H,1-2H3,(H,21,22)/b18-10-/t11-/m1/s1. The normalized spacial score (nSPS) is 11.8. The molecule has 0 spiro atoms. The molecular weight excluding hydrogens is 342 g/mol. The number of carboxylic acid groups (broad SMARTS) is 1. The summed E-state index contributed by atoms with van der Waals surface area (Å²) in [5.74, 6) is -0.398. The molecule has 0 saturated heterocycles. The van der Waals surface area contributed by atoms with E-state index in [1.807, 2.05) is 0 Å². The Labute approximate surface area is 149 Å². The van der Waals surface area contributed by atoms with E-state index in [0.29, 0.717) is 22.7 Å². The second-order valence-corrected chi connectivity index (χ2v) is 5.18. The first kappa shape index (κ1) is 18.7. The van der Waals surface area contributed by atoms with Crippen molar-refractivity contribution in [2.24, 2.45) is 5.10 Å². The number of nitrogens with one attached hydrogen (secondary N) is 1. The predicted molar refractivity (Wildman–Crippen MR) is 95.0 cm³/mol. The van der Waals surface area contributed by atoms with Gasteiger partial charge in [0, 0.05) is 12.1 Å². The summed E-state index contributed by atoms with van der Waals surface area (Å²) in [5.41, 5.74) is 4.03. The van der Waals surface area contributed by atoms with Gasteiger partial charge in [0.1, 0.15) is 0 Å². The fraction of sp³-hybridized carbons (Fsp3) is 0.176. The maximum Gasteiger partial charge on any atom is 0.344 e. The molecule has 0 aromatic heterocycles. The van der Waals surface area contributed by atoms with Crippen LogP contribution in [0.1, 0.15) is 12.5 Å². The molecule has 2 N–H and O–H groups in total. The van der Waals surface area contributed by atoms with Gasteiger partial charge in [0.2, 0.25) is 0 Å². The Morgan fingerprint density at radius 1 is 1.27 bits per heavy atom. The van der Waals surface area contributed by atoms with Crippen molar-refractivity contribution in [1.29, 1.82) is 0 Å². The van der Waals surface area contributed by atoms with Gasteiger partial charge < -0.3 is 14.6 Å². The molecule has 136 valence electrons. The lowest BCUT2D eigenvalue weighted by Crippen LogP contribution is -2.23. The monoisotopic (exact) mass is 359 g/mol. The van der Waals surface area contributed by atoms with Crippen LogP contribution < -0.4 is 14.9 Å². The first-order chi connectivity index (χ1) is 12.4. The van der Waals surface area contributed by atoms with Crippen molar-refractivity contribution in [3.05, 3.63) is 58.1 Å². The van der Waals surface area contributed by atoms with E-state index in [2.05, 4.69) is 10.5 Å². The van der Waals surface area contributed by atoms with E-state index in [0.717, 1.165) is 0 Å². The van der Waals surface area contributed by atoms with Gasteiger partial charge in [-0.25, -0.2) is 4.79 Å². The number of anilines is 1. The maximum atomic E-state index is 10.9. The van der Waals surface area contributed by atoms with Crippen LogP contribution in [-0.2, 0) is 4.79 Å². The summed E-state index contributed by atoms with van der Waals surface area (Å²) in [5, 5.41) is 23.6. The minimum Gasteiger partial charge on any atom is -0.493 e. The fourth-order valence-electron chi connectivity index (χ4n) is 1.94. The highest BCUT2D eigenvalue weighted by Gasteiger charge is 2.15. The van der Waals surface area contributed by atoms with Crippen LogP contribution in [0.4, 0.5) is 11.4 Å². The number of hydrogen-bond acceptors (Lipinski definition) is 7. The molecule has 0 amide bonds. The molecule has 2 rings (SSSR count). The molecule has 0 aliphatic heterocycles. The Morgan fingerprint density at radius 2 is 1.96 bits per heavy atom. The van der Waals surface area contributed by atoms with Gasteiger partial charge in [-0.15, -0.1) is 0 Å². The van der Waals surface area contributed by atoms with Gasteiger partial charge in [-0.05, 0) is 42.8 Å². The molecule has 2 aromatic carbocycles. The predicted octanol–water partition coefficient (Wildman–Crippen LogP) is 2.90. The second kappa shape index (κ2) is 8.47. The minimum atomic E-state index is -1.08. The molecule has 0 aliphatic carbocycles. The van der Waals surface area contributed by atoms with Crippen LogP contribution in [0.15, 0.2) is 47.6 Å².